The van der Waals surface area contributed by atoms with Gasteiger partial charge in [0.1, 0.15) is 0 Å². The zero-order valence-electron chi connectivity index (χ0n) is 19.9. The van der Waals surface area contributed by atoms with Crippen LogP contribution in [-0.2, 0) is 0 Å². The van der Waals surface area contributed by atoms with Crippen LogP contribution in [0, 0.1) is 29.6 Å². The largest absolute Gasteiger partial charge is 0.476 e. The second-order valence-electron chi connectivity index (χ2n) is 11.4. The normalized spacial score (nSPS) is 32.8. The highest BCUT2D eigenvalue weighted by Gasteiger charge is 2.34. The van der Waals surface area contributed by atoms with E-state index in [-0.39, 0.29) is 11.7 Å². The van der Waals surface area contributed by atoms with Crippen molar-refractivity contribution < 1.29 is 9.90 Å². The molecule has 1 heterocycles. The molecule has 0 spiro atoms. The van der Waals surface area contributed by atoms with Gasteiger partial charge in [-0.1, -0.05) is 57.6 Å². The summed E-state index contributed by atoms with van der Waals surface area (Å²) >= 11 is 0. The number of hydrogen-bond acceptors (Lipinski definition) is 3. The first-order chi connectivity index (χ1) is 16.0. The van der Waals surface area contributed by atoms with Crippen LogP contribution in [0.2, 0.25) is 0 Å². The molecule has 33 heavy (non-hydrogen) atoms. The first kappa shape index (κ1) is 22.6. The minimum Gasteiger partial charge on any atom is -0.476 e. The van der Waals surface area contributed by atoms with Gasteiger partial charge in [-0.3, -0.25) is 4.79 Å². The number of nitrogens with zero attached hydrogens (tertiary/aromatic N) is 2. The number of fused-ring (bicyclic) bond motifs is 3. The Hall–Kier alpha value is -2.17. The summed E-state index contributed by atoms with van der Waals surface area (Å²) in [6.45, 7) is 2.28. The maximum atomic E-state index is 13.4. The molecule has 5 heteroatoms. The number of rotatable bonds is 4. The Kier molecular flexibility index (Phi) is 6.58. The van der Waals surface area contributed by atoms with E-state index in [9.17, 15) is 14.7 Å². The molecule has 0 aliphatic heterocycles. The first-order valence-electron chi connectivity index (χ1n) is 13.2. The lowest BCUT2D eigenvalue weighted by atomic mass is 9.65. The fourth-order valence-corrected chi connectivity index (χ4v) is 7.55. The van der Waals surface area contributed by atoms with Crippen LogP contribution in [0.3, 0.4) is 0 Å². The van der Waals surface area contributed by atoms with Gasteiger partial charge in [-0.05, 0) is 80.2 Å². The van der Waals surface area contributed by atoms with Crippen molar-refractivity contribution in [3.05, 3.63) is 40.3 Å². The molecular weight excluding hydrogens is 412 g/mol. The summed E-state index contributed by atoms with van der Waals surface area (Å²) in [4.78, 5) is 29.4. The van der Waals surface area contributed by atoms with Crippen LogP contribution in [0.4, 0.5) is 0 Å². The number of aromatic carboxylic acids is 1. The van der Waals surface area contributed by atoms with E-state index in [4.69, 9.17) is 0 Å². The lowest BCUT2D eigenvalue weighted by molar-refractivity contribution is 0.0687. The maximum Gasteiger partial charge on any atom is 0.360 e. The lowest BCUT2D eigenvalue weighted by Gasteiger charge is -2.41. The van der Waals surface area contributed by atoms with E-state index in [0.29, 0.717) is 17.4 Å². The van der Waals surface area contributed by atoms with Crippen LogP contribution < -0.4 is 5.56 Å². The highest BCUT2D eigenvalue weighted by molar-refractivity contribution is 5.88. The van der Waals surface area contributed by atoms with Gasteiger partial charge in [0.2, 0.25) is 5.69 Å². The summed E-state index contributed by atoms with van der Waals surface area (Å²) in [5.41, 5.74) is 0.585. The highest BCUT2D eigenvalue weighted by Crippen LogP contribution is 2.46. The molecule has 0 amide bonds. The van der Waals surface area contributed by atoms with Crippen molar-refractivity contribution in [1.29, 1.82) is 0 Å². The molecule has 1 N–H and O–H groups in total. The van der Waals surface area contributed by atoms with Gasteiger partial charge in [0, 0.05) is 6.04 Å². The van der Waals surface area contributed by atoms with Gasteiger partial charge < -0.3 is 9.67 Å². The number of carboxylic acids is 1. The molecule has 0 radical (unpaired) electrons. The molecule has 5 nitrogen and oxygen atoms in total. The molecule has 3 aliphatic carbocycles. The third kappa shape index (κ3) is 4.88. The van der Waals surface area contributed by atoms with Crippen LogP contribution in [0.1, 0.15) is 101 Å². The number of carbonyl (C=O) groups is 1. The Bertz CT molecular complexity index is 1050. The minimum absolute atomic E-state index is 0.0342. The fraction of sp³-hybridized carbons (Fsp3) is 0.679. The van der Waals surface area contributed by atoms with Crippen LogP contribution in [0.15, 0.2) is 29.1 Å². The number of benzene rings is 1. The summed E-state index contributed by atoms with van der Waals surface area (Å²) in [7, 11) is 0. The van der Waals surface area contributed by atoms with E-state index in [2.05, 4.69) is 11.9 Å². The summed E-state index contributed by atoms with van der Waals surface area (Å²) < 4.78 is 1.80. The van der Waals surface area contributed by atoms with Crippen LogP contribution in [0.5, 0.6) is 0 Å². The number of hydrogen-bond donors (Lipinski definition) is 1. The van der Waals surface area contributed by atoms with Crippen LogP contribution in [0.25, 0.3) is 11.0 Å². The Labute approximate surface area is 196 Å². The fourth-order valence-electron chi connectivity index (χ4n) is 7.55. The van der Waals surface area contributed by atoms with Crippen molar-refractivity contribution in [3.8, 4) is 0 Å². The zero-order valence-corrected chi connectivity index (χ0v) is 19.9. The van der Waals surface area contributed by atoms with E-state index < -0.39 is 11.5 Å². The SMILES string of the molecule is C[C@@H]1CCC[C@H](CC2CC3CCCC(C3)C2)C[C@@H](n2c(=O)c(C(=O)O)nc3ccccc32)C1. The van der Waals surface area contributed by atoms with E-state index >= 15 is 0 Å². The van der Waals surface area contributed by atoms with Crippen molar-refractivity contribution in [3.63, 3.8) is 0 Å². The van der Waals surface area contributed by atoms with E-state index in [1.807, 2.05) is 24.3 Å². The summed E-state index contributed by atoms with van der Waals surface area (Å²) in [5, 5.41) is 9.67. The molecule has 5 atom stereocenters. The second-order valence-corrected chi connectivity index (χ2v) is 11.4. The standard InChI is InChI=1S/C28H38N2O3/c1-18-6-4-7-21(16-22-14-19-8-5-9-20(13-19)15-22)17-23(12-18)30-25-11-3-2-10-24(25)29-26(27(30)31)28(32)33/h2-3,10-11,18-23H,4-9,12-17H2,1H3,(H,32,33)/t18-,19?,20?,21-,22?,23+/m1/s1. The smallest absolute Gasteiger partial charge is 0.360 e. The number of para-hydroxylation sites is 2. The van der Waals surface area contributed by atoms with Gasteiger partial charge in [-0.25, -0.2) is 9.78 Å². The third-order valence-electron chi connectivity index (χ3n) is 8.84. The molecule has 5 rings (SSSR count). The summed E-state index contributed by atoms with van der Waals surface area (Å²) in [6, 6.07) is 7.56. The number of aromatic nitrogens is 2. The molecule has 1 aromatic heterocycles. The Morgan fingerprint density at radius 2 is 1.70 bits per heavy atom. The minimum atomic E-state index is -1.23. The van der Waals surface area contributed by atoms with Gasteiger partial charge in [0.05, 0.1) is 11.0 Å². The number of carboxylic acid groups (broad SMARTS) is 1. The predicted molar refractivity (Wildman–Crippen MR) is 131 cm³/mol. The van der Waals surface area contributed by atoms with Crippen molar-refractivity contribution in [2.24, 2.45) is 29.6 Å². The topological polar surface area (TPSA) is 72.2 Å². The zero-order chi connectivity index (χ0) is 22.9. The quantitative estimate of drug-likeness (QED) is 0.580. The molecule has 3 saturated carbocycles. The van der Waals surface area contributed by atoms with Crippen molar-refractivity contribution >= 4 is 17.0 Å². The van der Waals surface area contributed by atoms with E-state index in [1.165, 1.54) is 64.2 Å². The third-order valence-corrected chi connectivity index (χ3v) is 8.84. The molecule has 178 valence electrons. The van der Waals surface area contributed by atoms with Gasteiger partial charge in [0.15, 0.2) is 0 Å². The Morgan fingerprint density at radius 3 is 2.45 bits per heavy atom. The highest BCUT2D eigenvalue weighted by atomic mass is 16.4. The van der Waals surface area contributed by atoms with Crippen LogP contribution >= 0.6 is 0 Å². The molecular formula is C28H38N2O3. The summed E-state index contributed by atoms with van der Waals surface area (Å²) in [6.07, 6.45) is 15.4. The molecule has 0 saturated heterocycles. The summed E-state index contributed by atoms with van der Waals surface area (Å²) in [5.74, 6) is 2.62. The molecule has 2 unspecified atom stereocenters. The van der Waals surface area contributed by atoms with Gasteiger partial charge >= 0.3 is 5.97 Å². The van der Waals surface area contributed by atoms with E-state index in [0.717, 1.165) is 36.1 Å². The van der Waals surface area contributed by atoms with Crippen molar-refractivity contribution in [2.75, 3.05) is 0 Å². The van der Waals surface area contributed by atoms with Gasteiger partial charge in [-0.2, -0.15) is 0 Å². The van der Waals surface area contributed by atoms with Gasteiger partial charge in [0.25, 0.3) is 5.56 Å². The lowest BCUT2D eigenvalue weighted by Crippen LogP contribution is -2.34. The molecule has 1 aromatic carbocycles. The van der Waals surface area contributed by atoms with Crippen molar-refractivity contribution in [2.45, 2.75) is 90.0 Å². The Balaban J connectivity index is 1.46. The first-order valence-corrected chi connectivity index (χ1v) is 13.2. The van der Waals surface area contributed by atoms with E-state index in [1.54, 1.807) is 4.57 Å². The van der Waals surface area contributed by atoms with Crippen LogP contribution in [-0.4, -0.2) is 20.6 Å². The average Bonchev–Trinajstić information content (AvgIpc) is 2.76. The van der Waals surface area contributed by atoms with Crippen molar-refractivity contribution in [1.82, 2.24) is 9.55 Å². The monoisotopic (exact) mass is 450 g/mol. The average molecular weight is 451 g/mol. The predicted octanol–water partition coefficient (Wildman–Crippen LogP) is 6.46. The molecule has 2 bridgehead atoms. The molecule has 2 aromatic rings. The Morgan fingerprint density at radius 1 is 0.970 bits per heavy atom. The molecule has 3 fully saturated rings. The van der Waals surface area contributed by atoms with Gasteiger partial charge in [-0.15, -0.1) is 0 Å². The second kappa shape index (κ2) is 9.60. The molecule has 3 aliphatic rings. The maximum absolute atomic E-state index is 13.4.